The van der Waals surface area contributed by atoms with Crippen molar-refractivity contribution < 1.29 is 19.1 Å². The van der Waals surface area contributed by atoms with Crippen molar-refractivity contribution in [2.45, 2.75) is 13.0 Å². The summed E-state index contributed by atoms with van der Waals surface area (Å²) in [5.41, 5.74) is 3.27. The van der Waals surface area contributed by atoms with E-state index in [0.29, 0.717) is 22.4 Å². The zero-order chi connectivity index (χ0) is 23.9. The molecular formula is C29H23NO4. The fourth-order valence-corrected chi connectivity index (χ4v) is 3.46. The second-order valence-electron chi connectivity index (χ2n) is 7.83. The Morgan fingerprint density at radius 2 is 1.29 bits per heavy atom. The predicted molar refractivity (Wildman–Crippen MR) is 131 cm³/mol. The lowest BCUT2D eigenvalue weighted by Crippen LogP contribution is -2.20. The van der Waals surface area contributed by atoms with Crippen LogP contribution in [-0.2, 0) is 4.74 Å². The van der Waals surface area contributed by atoms with Gasteiger partial charge in [0.1, 0.15) is 0 Å². The number of Topliss-reactive ketones (excluding diaryl/α,β-unsaturated/α-hetero) is 1. The molecule has 0 bridgehead atoms. The van der Waals surface area contributed by atoms with Crippen LogP contribution in [-0.4, -0.2) is 17.7 Å². The predicted octanol–water partition coefficient (Wildman–Crippen LogP) is 6.03. The molecule has 0 radical (unpaired) electrons. The molecule has 1 amide bonds. The molecule has 5 nitrogen and oxygen atoms in total. The summed E-state index contributed by atoms with van der Waals surface area (Å²) < 4.78 is 5.70. The minimum atomic E-state index is -1.10. The molecule has 1 atom stereocenters. The molecule has 0 saturated carbocycles. The van der Waals surface area contributed by atoms with Crippen LogP contribution in [0.2, 0.25) is 0 Å². The summed E-state index contributed by atoms with van der Waals surface area (Å²) in [6.45, 7) is 1.95. The Balaban J connectivity index is 1.54. The Labute approximate surface area is 198 Å². The minimum Gasteiger partial charge on any atom is -0.445 e. The Kier molecular flexibility index (Phi) is 6.94. The van der Waals surface area contributed by atoms with Gasteiger partial charge < -0.3 is 10.1 Å². The van der Waals surface area contributed by atoms with E-state index in [1.807, 2.05) is 31.2 Å². The molecule has 5 heteroatoms. The van der Waals surface area contributed by atoms with Crippen molar-refractivity contribution in [3.8, 4) is 0 Å². The second-order valence-corrected chi connectivity index (χ2v) is 7.83. The zero-order valence-corrected chi connectivity index (χ0v) is 18.6. The fraction of sp³-hybridized carbons (Fsp3) is 0.0690. The normalized spacial score (nSPS) is 11.3. The summed E-state index contributed by atoms with van der Waals surface area (Å²) in [4.78, 5) is 38.7. The third kappa shape index (κ3) is 5.45. The highest BCUT2D eigenvalue weighted by molar-refractivity contribution is 6.05. The summed E-state index contributed by atoms with van der Waals surface area (Å²) in [5, 5.41) is 2.79. The van der Waals surface area contributed by atoms with E-state index in [4.69, 9.17) is 4.74 Å². The number of ether oxygens (including phenoxy) is 1. The number of esters is 1. The van der Waals surface area contributed by atoms with Crippen LogP contribution in [0.5, 0.6) is 0 Å². The average Bonchev–Trinajstić information content (AvgIpc) is 2.88. The van der Waals surface area contributed by atoms with E-state index < -0.39 is 12.1 Å². The largest absolute Gasteiger partial charge is 0.445 e. The van der Waals surface area contributed by atoms with Crippen LogP contribution in [0.1, 0.15) is 48.3 Å². The Morgan fingerprint density at radius 1 is 0.676 bits per heavy atom. The zero-order valence-electron chi connectivity index (χ0n) is 18.6. The van der Waals surface area contributed by atoms with Crippen LogP contribution in [0, 0.1) is 6.92 Å². The van der Waals surface area contributed by atoms with Crippen molar-refractivity contribution in [2.75, 3.05) is 5.32 Å². The van der Waals surface area contributed by atoms with E-state index in [1.54, 1.807) is 78.9 Å². The number of carbonyl (C=O) groups excluding carboxylic acids is 3. The lowest BCUT2D eigenvalue weighted by atomic mass is 9.99. The van der Waals surface area contributed by atoms with Crippen LogP contribution < -0.4 is 5.32 Å². The maximum Gasteiger partial charge on any atom is 0.339 e. The fourth-order valence-electron chi connectivity index (χ4n) is 3.46. The maximum atomic E-state index is 13.2. The molecular weight excluding hydrogens is 426 g/mol. The van der Waals surface area contributed by atoms with Gasteiger partial charge in [0, 0.05) is 22.4 Å². The first-order chi connectivity index (χ1) is 16.5. The Hall–Kier alpha value is -4.51. The van der Waals surface area contributed by atoms with Gasteiger partial charge in [-0.2, -0.15) is 0 Å². The number of nitrogens with one attached hydrogen (secondary N) is 1. The maximum absolute atomic E-state index is 13.2. The number of carbonyl (C=O) groups is 3. The third-order valence-electron chi connectivity index (χ3n) is 5.29. The monoisotopic (exact) mass is 449 g/mol. The Bertz CT molecular complexity index is 1300. The molecule has 34 heavy (non-hydrogen) atoms. The first-order valence-corrected chi connectivity index (χ1v) is 10.8. The highest BCUT2D eigenvalue weighted by Crippen LogP contribution is 2.25. The molecule has 0 aliphatic heterocycles. The molecule has 1 N–H and O–H groups in total. The molecule has 0 aromatic heterocycles. The molecule has 0 fully saturated rings. The minimum absolute atomic E-state index is 0.225. The lowest BCUT2D eigenvalue weighted by Gasteiger charge is -2.18. The summed E-state index contributed by atoms with van der Waals surface area (Å²) in [6.07, 6.45) is -1.10. The molecule has 168 valence electrons. The van der Waals surface area contributed by atoms with Crippen molar-refractivity contribution >= 4 is 23.3 Å². The van der Waals surface area contributed by atoms with Gasteiger partial charge in [-0.1, -0.05) is 84.4 Å². The topological polar surface area (TPSA) is 72.5 Å². The molecule has 0 aliphatic rings. The van der Waals surface area contributed by atoms with Crippen LogP contribution in [0.3, 0.4) is 0 Å². The number of anilines is 1. The smallest absolute Gasteiger partial charge is 0.339 e. The van der Waals surface area contributed by atoms with Gasteiger partial charge in [0.05, 0.1) is 5.56 Å². The molecule has 0 heterocycles. The van der Waals surface area contributed by atoms with E-state index in [1.165, 1.54) is 6.07 Å². The van der Waals surface area contributed by atoms with Gasteiger partial charge >= 0.3 is 5.97 Å². The van der Waals surface area contributed by atoms with Crippen molar-refractivity contribution in [2.24, 2.45) is 0 Å². The standard InChI is InChI=1S/C29H23NO4/c1-20-15-17-23(18-16-20)28(32)30-25-14-8-13-24(19-25)29(33)34-27(22-11-6-3-7-12-22)26(31)21-9-4-2-5-10-21/h2-19,27H,1H3,(H,30,32)/t27-/m1/s1. The highest BCUT2D eigenvalue weighted by Gasteiger charge is 2.26. The van der Waals surface area contributed by atoms with Crippen molar-refractivity contribution in [3.05, 3.63) is 137 Å². The number of ketones is 1. The van der Waals surface area contributed by atoms with Gasteiger partial charge in [0.25, 0.3) is 5.91 Å². The van der Waals surface area contributed by atoms with Crippen molar-refractivity contribution in [3.63, 3.8) is 0 Å². The summed E-state index contributed by atoms with van der Waals surface area (Å²) in [6, 6.07) is 31.3. The summed E-state index contributed by atoms with van der Waals surface area (Å²) in [7, 11) is 0. The molecule has 4 aromatic rings. The lowest BCUT2D eigenvalue weighted by molar-refractivity contribution is 0.0280. The number of benzene rings is 4. The number of aryl methyl sites for hydroxylation is 1. The van der Waals surface area contributed by atoms with E-state index in [9.17, 15) is 14.4 Å². The summed E-state index contributed by atoms with van der Waals surface area (Å²) in [5.74, 6) is -1.26. The van der Waals surface area contributed by atoms with Gasteiger partial charge in [-0.3, -0.25) is 9.59 Å². The van der Waals surface area contributed by atoms with Crippen LogP contribution in [0.25, 0.3) is 0 Å². The van der Waals surface area contributed by atoms with E-state index in [2.05, 4.69) is 5.32 Å². The van der Waals surface area contributed by atoms with Crippen molar-refractivity contribution in [1.29, 1.82) is 0 Å². The molecule has 0 spiro atoms. The van der Waals surface area contributed by atoms with E-state index >= 15 is 0 Å². The number of hydrogen-bond acceptors (Lipinski definition) is 4. The van der Waals surface area contributed by atoms with Crippen LogP contribution in [0.4, 0.5) is 5.69 Å². The number of rotatable bonds is 7. The van der Waals surface area contributed by atoms with Gasteiger partial charge in [-0.15, -0.1) is 0 Å². The van der Waals surface area contributed by atoms with Crippen LogP contribution >= 0.6 is 0 Å². The molecule has 4 rings (SSSR count). The third-order valence-corrected chi connectivity index (χ3v) is 5.29. The first kappa shape index (κ1) is 22.7. The Morgan fingerprint density at radius 3 is 1.97 bits per heavy atom. The second kappa shape index (κ2) is 10.4. The number of amides is 1. The average molecular weight is 450 g/mol. The van der Waals surface area contributed by atoms with Gasteiger partial charge in [0.15, 0.2) is 6.10 Å². The van der Waals surface area contributed by atoms with Crippen LogP contribution in [0.15, 0.2) is 109 Å². The molecule has 4 aromatic carbocycles. The molecule has 0 unspecified atom stereocenters. The van der Waals surface area contributed by atoms with Crippen molar-refractivity contribution in [1.82, 2.24) is 0 Å². The quantitative estimate of drug-likeness (QED) is 0.276. The molecule has 0 saturated heterocycles. The SMILES string of the molecule is Cc1ccc(C(=O)Nc2cccc(C(=O)O[C@@H](C(=O)c3ccccc3)c3ccccc3)c2)cc1. The van der Waals surface area contributed by atoms with E-state index in [-0.39, 0.29) is 17.3 Å². The van der Waals surface area contributed by atoms with E-state index in [0.717, 1.165) is 5.56 Å². The van der Waals surface area contributed by atoms with Gasteiger partial charge in [-0.25, -0.2) is 4.79 Å². The highest BCUT2D eigenvalue weighted by atomic mass is 16.5. The first-order valence-electron chi connectivity index (χ1n) is 10.8. The summed E-state index contributed by atoms with van der Waals surface area (Å²) >= 11 is 0. The number of hydrogen-bond donors (Lipinski definition) is 1. The van der Waals surface area contributed by atoms with Gasteiger partial charge in [-0.05, 0) is 37.3 Å². The van der Waals surface area contributed by atoms with Gasteiger partial charge in [0.2, 0.25) is 5.78 Å². The molecule has 0 aliphatic carbocycles.